The van der Waals surface area contributed by atoms with E-state index in [1.807, 2.05) is 4.90 Å². The summed E-state index contributed by atoms with van der Waals surface area (Å²) in [5.41, 5.74) is -0.463. The first-order valence-electron chi connectivity index (χ1n) is 5.44. The SMILES string of the molecule is O=Cc1cc(N2CCCC2)ccc1C(F)(F)F. The first-order valence-corrected chi connectivity index (χ1v) is 5.44. The fourth-order valence-electron chi connectivity index (χ4n) is 2.08. The van der Waals surface area contributed by atoms with Crippen LogP contribution in [0.5, 0.6) is 0 Å². The van der Waals surface area contributed by atoms with Gasteiger partial charge in [0.1, 0.15) is 0 Å². The van der Waals surface area contributed by atoms with Gasteiger partial charge in [-0.1, -0.05) is 0 Å². The molecule has 17 heavy (non-hydrogen) atoms. The Morgan fingerprint density at radius 3 is 2.35 bits per heavy atom. The molecule has 5 heteroatoms. The average molecular weight is 243 g/mol. The third-order valence-electron chi connectivity index (χ3n) is 2.94. The minimum Gasteiger partial charge on any atom is -0.372 e. The molecule has 1 aliphatic heterocycles. The number of anilines is 1. The Hall–Kier alpha value is -1.52. The van der Waals surface area contributed by atoms with E-state index in [0.717, 1.165) is 32.0 Å². The van der Waals surface area contributed by atoms with E-state index in [2.05, 4.69) is 0 Å². The highest BCUT2D eigenvalue weighted by molar-refractivity contribution is 5.80. The van der Waals surface area contributed by atoms with Gasteiger partial charge in [0, 0.05) is 24.3 Å². The van der Waals surface area contributed by atoms with E-state index in [9.17, 15) is 18.0 Å². The Morgan fingerprint density at radius 2 is 1.82 bits per heavy atom. The molecule has 0 aromatic heterocycles. The van der Waals surface area contributed by atoms with Crippen molar-refractivity contribution in [3.63, 3.8) is 0 Å². The molecular weight excluding hydrogens is 231 g/mol. The van der Waals surface area contributed by atoms with Crippen LogP contribution in [0.15, 0.2) is 18.2 Å². The number of alkyl halides is 3. The molecule has 0 amide bonds. The van der Waals surface area contributed by atoms with Gasteiger partial charge in [0.15, 0.2) is 6.29 Å². The lowest BCUT2D eigenvalue weighted by Crippen LogP contribution is -2.18. The average Bonchev–Trinajstić information content (AvgIpc) is 2.80. The molecule has 92 valence electrons. The summed E-state index contributed by atoms with van der Waals surface area (Å²) in [6, 6.07) is 3.74. The highest BCUT2D eigenvalue weighted by atomic mass is 19.4. The Balaban J connectivity index is 2.37. The molecule has 0 aliphatic carbocycles. The second-order valence-corrected chi connectivity index (χ2v) is 4.08. The van der Waals surface area contributed by atoms with Crippen molar-refractivity contribution in [2.75, 3.05) is 18.0 Å². The molecule has 0 saturated carbocycles. The second kappa shape index (κ2) is 4.39. The lowest BCUT2D eigenvalue weighted by atomic mass is 10.1. The molecule has 0 spiro atoms. The minimum atomic E-state index is -4.47. The summed E-state index contributed by atoms with van der Waals surface area (Å²) in [5, 5.41) is 0. The molecule has 1 saturated heterocycles. The molecule has 0 radical (unpaired) electrons. The standard InChI is InChI=1S/C12H12F3NO/c13-12(14,15)11-4-3-10(7-9(11)8-17)16-5-1-2-6-16/h3-4,7-8H,1-2,5-6H2. The van der Waals surface area contributed by atoms with Crippen molar-refractivity contribution in [3.05, 3.63) is 29.3 Å². The summed E-state index contributed by atoms with van der Waals surface area (Å²) in [5.74, 6) is 0. The molecule has 1 aromatic rings. The van der Waals surface area contributed by atoms with Crippen LogP contribution >= 0.6 is 0 Å². The molecule has 0 bridgehead atoms. The number of benzene rings is 1. The summed E-state index contributed by atoms with van der Waals surface area (Å²) in [6.45, 7) is 1.67. The van der Waals surface area contributed by atoms with Crippen molar-refractivity contribution in [1.82, 2.24) is 0 Å². The van der Waals surface area contributed by atoms with Gasteiger partial charge in [-0.15, -0.1) is 0 Å². The predicted molar refractivity (Wildman–Crippen MR) is 58.3 cm³/mol. The molecule has 1 aliphatic rings. The number of hydrogen-bond acceptors (Lipinski definition) is 2. The zero-order valence-corrected chi connectivity index (χ0v) is 9.13. The van der Waals surface area contributed by atoms with E-state index in [4.69, 9.17) is 0 Å². The number of nitrogens with zero attached hydrogens (tertiary/aromatic N) is 1. The van der Waals surface area contributed by atoms with Crippen LogP contribution in [0.4, 0.5) is 18.9 Å². The van der Waals surface area contributed by atoms with Gasteiger partial charge in [-0.05, 0) is 31.0 Å². The van der Waals surface area contributed by atoms with Crippen LogP contribution < -0.4 is 4.90 Å². The molecule has 0 unspecified atom stereocenters. The topological polar surface area (TPSA) is 20.3 Å². The first kappa shape index (κ1) is 12.0. The van der Waals surface area contributed by atoms with Crippen LogP contribution in [0.25, 0.3) is 0 Å². The Morgan fingerprint density at radius 1 is 1.18 bits per heavy atom. The van der Waals surface area contributed by atoms with Crippen molar-refractivity contribution < 1.29 is 18.0 Å². The zero-order valence-electron chi connectivity index (χ0n) is 9.13. The highest BCUT2D eigenvalue weighted by Crippen LogP contribution is 2.33. The molecular formula is C12H12F3NO. The maximum atomic E-state index is 12.6. The predicted octanol–water partition coefficient (Wildman–Crippen LogP) is 3.12. The Kier molecular flexibility index (Phi) is 3.09. The lowest BCUT2D eigenvalue weighted by Gasteiger charge is -2.19. The van der Waals surface area contributed by atoms with E-state index in [-0.39, 0.29) is 11.8 Å². The van der Waals surface area contributed by atoms with Gasteiger partial charge in [0.25, 0.3) is 0 Å². The van der Waals surface area contributed by atoms with E-state index >= 15 is 0 Å². The Labute approximate surface area is 97.0 Å². The first-order chi connectivity index (χ1) is 8.02. The number of aldehydes is 1. The van der Waals surface area contributed by atoms with E-state index < -0.39 is 11.7 Å². The van der Waals surface area contributed by atoms with E-state index in [1.165, 1.54) is 12.1 Å². The van der Waals surface area contributed by atoms with Crippen molar-refractivity contribution in [2.24, 2.45) is 0 Å². The zero-order chi connectivity index (χ0) is 12.5. The largest absolute Gasteiger partial charge is 0.417 e. The maximum absolute atomic E-state index is 12.6. The van der Waals surface area contributed by atoms with Crippen molar-refractivity contribution in [2.45, 2.75) is 19.0 Å². The van der Waals surface area contributed by atoms with E-state index in [1.54, 1.807) is 0 Å². The molecule has 0 atom stereocenters. The van der Waals surface area contributed by atoms with Crippen molar-refractivity contribution in [1.29, 1.82) is 0 Å². The van der Waals surface area contributed by atoms with Gasteiger partial charge in [-0.2, -0.15) is 13.2 Å². The Bertz CT molecular complexity index is 422. The number of hydrogen-bond donors (Lipinski definition) is 0. The number of carbonyl (C=O) groups excluding carboxylic acids is 1. The fourth-order valence-corrected chi connectivity index (χ4v) is 2.08. The third kappa shape index (κ3) is 2.43. The van der Waals surface area contributed by atoms with Gasteiger partial charge in [-0.3, -0.25) is 4.79 Å². The van der Waals surface area contributed by atoms with Crippen LogP contribution in [-0.2, 0) is 6.18 Å². The molecule has 0 N–H and O–H groups in total. The van der Waals surface area contributed by atoms with Crippen molar-refractivity contribution in [3.8, 4) is 0 Å². The molecule has 1 fully saturated rings. The van der Waals surface area contributed by atoms with Crippen LogP contribution in [-0.4, -0.2) is 19.4 Å². The quantitative estimate of drug-likeness (QED) is 0.744. The third-order valence-corrected chi connectivity index (χ3v) is 2.94. The van der Waals surface area contributed by atoms with Crippen LogP contribution in [0, 0.1) is 0 Å². The molecule has 1 aromatic carbocycles. The molecule has 1 heterocycles. The van der Waals surface area contributed by atoms with Gasteiger partial charge in [-0.25, -0.2) is 0 Å². The number of rotatable bonds is 2. The van der Waals surface area contributed by atoms with Gasteiger partial charge < -0.3 is 4.90 Å². The van der Waals surface area contributed by atoms with Crippen LogP contribution in [0.3, 0.4) is 0 Å². The normalized spacial score (nSPS) is 16.3. The summed E-state index contributed by atoms with van der Waals surface area (Å²) < 4.78 is 37.7. The second-order valence-electron chi connectivity index (χ2n) is 4.08. The smallest absolute Gasteiger partial charge is 0.372 e. The van der Waals surface area contributed by atoms with Crippen molar-refractivity contribution >= 4 is 12.0 Å². The van der Waals surface area contributed by atoms with Gasteiger partial charge in [0.2, 0.25) is 0 Å². The monoisotopic (exact) mass is 243 g/mol. The molecule has 2 rings (SSSR count). The summed E-state index contributed by atoms with van der Waals surface area (Å²) >= 11 is 0. The minimum absolute atomic E-state index is 0.266. The lowest BCUT2D eigenvalue weighted by molar-refractivity contribution is -0.137. The summed E-state index contributed by atoms with van der Waals surface area (Å²) in [4.78, 5) is 12.7. The number of carbonyl (C=O) groups is 1. The van der Waals surface area contributed by atoms with E-state index in [0.29, 0.717) is 5.69 Å². The fraction of sp³-hybridized carbons (Fsp3) is 0.417. The van der Waals surface area contributed by atoms with Crippen LogP contribution in [0.1, 0.15) is 28.8 Å². The molecule has 2 nitrogen and oxygen atoms in total. The van der Waals surface area contributed by atoms with Gasteiger partial charge >= 0.3 is 6.18 Å². The number of halogens is 3. The summed E-state index contributed by atoms with van der Waals surface area (Å²) in [7, 11) is 0. The van der Waals surface area contributed by atoms with Gasteiger partial charge in [0.05, 0.1) is 5.56 Å². The highest BCUT2D eigenvalue weighted by Gasteiger charge is 2.33. The summed E-state index contributed by atoms with van der Waals surface area (Å²) in [6.07, 6.45) is -2.13. The van der Waals surface area contributed by atoms with Crippen LogP contribution in [0.2, 0.25) is 0 Å². The maximum Gasteiger partial charge on any atom is 0.417 e.